The lowest BCUT2D eigenvalue weighted by Crippen LogP contribution is -2.22. The molecule has 1 aromatic rings. The van der Waals surface area contributed by atoms with Crippen LogP contribution in [-0.4, -0.2) is 38.0 Å². The molecule has 1 atom stereocenters. The second-order valence-corrected chi connectivity index (χ2v) is 9.60. The zero-order chi connectivity index (χ0) is 26.0. The van der Waals surface area contributed by atoms with Crippen molar-refractivity contribution in [3.8, 4) is 0 Å². The molecular weight excluding hydrogens is 482 g/mol. The van der Waals surface area contributed by atoms with E-state index in [9.17, 15) is 10.1 Å². The van der Waals surface area contributed by atoms with E-state index in [1.54, 1.807) is 29.4 Å². The monoisotopic (exact) mass is 517 g/mol. The summed E-state index contributed by atoms with van der Waals surface area (Å²) in [4.78, 5) is 20.6. The van der Waals surface area contributed by atoms with Gasteiger partial charge in [-0.3, -0.25) is 9.31 Å². The van der Waals surface area contributed by atoms with Crippen LogP contribution in [0.4, 0.5) is 0 Å². The summed E-state index contributed by atoms with van der Waals surface area (Å²) in [6, 6.07) is -0.127. The number of allylic oxidation sites excluding steroid dienone is 4. The van der Waals surface area contributed by atoms with Crippen molar-refractivity contribution < 1.29 is 9.92 Å². The third-order valence-electron chi connectivity index (χ3n) is 5.46. The highest BCUT2D eigenvalue weighted by atomic mass is 32.2. The molecule has 190 valence electrons. The van der Waals surface area contributed by atoms with Crippen LogP contribution in [0.15, 0.2) is 70.2 Å². The van der Waals surface area contributed by atoms with Gasteiger partial charge >= 0.3 is 0 Å². The standard InChI is InChI=1S/C25H35N5O3S2/c1-8-11-12-21(10-3)24(25-20(6)26-17-35-25)28(27-19(5)9-2)16-18(4)15-23-22(29(23)34-7)13-14-33-30(31)32/h8,10-12,16-17,24H,1,9,13-15H2,2-7H3/b12-11-,18-16+,21-10+,27-19-. The summed E-state index contributed by atoms with van der Waals surface area (Å²) in [6.45, 7) is 14.2. The highest BCUT2D eigenvalue weighted by molar-refractivity contribution is 7.96. The smallest absolute Gasteiger partial charge is 0.294 e. The predicted octanol–water partition coefficient (Wildman–Crippen LogP) is 6.97. The van der Waals surface area contributed by atoms with E-state index in [1.807, 2.05) is 43.6 Å². The van der Waals surface area contributed by atoms with Crippen molar-refractivity contribution in [1.82, 2.24) is 14.3 Å². The van der Waals surface area contributed by atoms with Crippen LogP contribution in [0.1, 0.15) is 63.6 Å². The second kappa shape index (κ2) is 13.9. The average Bonchev–Trinajstić information content (AvgIpc) is 3.30. The maximum atomic E-state index is 10.5. The van der Waals surface area contributed by atoms with Crippen molar-refractivity contribution in [2.45, 2.75) is 59.9 Å². The van der Waals surface area contributed by atoms with Gasteiger partial charge < -0.3 is 4.84 Å². The number of aryl methyl sites for hydroxylation is 1. The summed E-state index contributed by atoms with van der Waals surface area (Å²) in [5, 5.41) is 16.8. The fourth-order valence-corrected chi connectivity index (χ4v) is 5.25. The highest BCUT2D eigenvalue weighted by Crippen LogP contribution is 2.44. The van der Waals surface area contributed by atoms with Crippen LogP contribution in [0.5, 0.6) is 0 Å². The molecule has 35 heavy (non-hydrogen) atoms. The molecule has 0 aliphatic carbocycles. The fraction of sp³-hybridized carbons (Fsp3) is 0.440. The minimum absolute atomic E-state index is 0.0603. The van der Waals surface area contributed by atoms with Crippen molar-refractivity contribution in [2.75, 3.05) is 12.9 Å². The summed E-state index contributed by atoms with van der Waals surface area (Å²) in [7, 11) is 0. The zero-order valence-corrected chi connectivity index (χ0v) is 23.0. The maximum Gasteiger partial charge on any atom is 0.294 e. The molecule has 8 nitrogen and oxygen atoms in total. The van der Waals surface area contributed by atoms with Crippen LogP contribution >= 0.6 is 23.3 Å². The van der Waals surface area contributed by atoms with Crippen LogP contribution in [0.2, 0.25) is 0 Å². The fourth-order valence-electron chi connectivity index (χ4n) is 3.56. The van der Waals surface area contributed by atoms with E-state index in [0.29, 0.717) is 6.42 Å². The third-order valence-corrected chi connectivity index (χ3v) is 7.25. The van der Waals surface area contributed by atoms with Gasteiger partial charge in [0.25, 0.3) is 5.09 Å². The van der Waals surface area contributed by atoms with Gasteiger partial charge in [-0.1, -0.05) is 37.8 Å². The van der Waals surface area contributed by atoms with Crippen LogP contribution in [0.3, 0.4) is 0 Å². The molecular formula is C25H35N5O3S2. The summed E-state index contributed by atoms with van der Waals surface area (Å²) in [6.07, 6.45) is 14.1. The Morgan fingerprint density at radius 2 is 2.20 bits per heavy atom. The van der Waals surface area contributed by atoms with Gasteiger partial charge in [0.05, 0.1) is 27.5 Å². The van der Waals surface area contributed by atoms with Gasteiger partial charge in [0.1, 0.15) is 12.6 Å². The molecule has 1 unspecified atom stereocenters. The molecule has 10 heteroatoms. The first-order valence-electron chi connectivity index (χ1n) is 11.5. The van der Waals surface area contributed by atoms with Crippen LogP contribution in [-0.2, 0) is 4.84 Å². The van der Waals surface area contributed by atoms with E-state index in [4.69, 9.17) is 5.10 Å². The second-order valence-electron chi connectivity index (χ2n) is 7.99. The number of nitrogens with zero attached hydrogens (tertiary/aromatic N) is 5. The molecule has 0 N–H and O–H groups in total. The van der Waals surface area contributed by atoms with Gasteiger partial charge in [-0.15, -0.1) is 21.5 Å². The van der Waals surface area contributed by atoms with Gasteiger partial charge in [-0.05, 0) is 57.2 Å². The molecule has 0 fully saturated rings. The molecule has 2 heterocycles. The Labute approximate surface area is 216 Å². The number of aromatic nitrogens is 1. The van der Waals surface area contributed by atoms with Crippen molar-refractivity contribution in [2.24, 2.45) is 5.10 Å². The third kappa shape index (κ3) is 8.10. The zero-order valence-electron chi connectivity index (χ0n) is 21.4. The Balaban J connectivity index is 2.42. The molecule has 0 aromatic carbocycles. The maximum absolute atomic E-state index is 10.5. The van der Waals surface area contributed by atoms with E-state index < -0.39 is 5.09 Å². The molecule has 0 radical (unpaired) electrons. The van der Waals surface area contributed by atoms with E-state index in [2.05, 4.69) is 52.9 Å². The number of rotatable bonds is 15. The lowest BCUT2D eigenvalue weighted by Gasteiger charge is -2.28. The van der Waals surface area contributed by atoms with E-state index in [0.717, 1.165) is 51.7 Å². The molecule has 1 aromatic heterocycles. The number of hydrogen-bond acceptors (Lipinski definition) is 9. The van der Waals surface area contributed by atoms with Crippen molar-refractivity contribution >= 4 is 29.0 Å². The number of hydrazone groups is 1. The van der Waals surface area contributed by atoms with Crippen LogP contribution in [0.25, 0.3) is 0 Å². The molecule has 1 aliphatic rings. The predicted molar refractivity (Wildman–Crippen MR) is 146 cm³/mol. The largest absolute Gasteiger partial charge is 0.313 e. The lowest BCUT2D eigenvalue weighted by molar-refractivity contribution is -0.757. The Hall–Kier alpha value is -2.85. The number of hydrogen-bond donors (Lipinski definition) is 0. The normalized spacial score (nSPS) is 15.6. The van der Waals surface area contributed by atoms with Gasteiger partial charge in [0.2, 0.25) is 0 Å². The highest BCUT2D eigenvalue weighted by Gasteiger charge is 2.33. The Morgan fingerprint density at radius 3 is 2.74 bits per heavy atom. The minimum atomic E-state index is -0.746. The number of thiazole rings is 1. The molecule has 1 aliphatic heterocycles. The van der Waals surface area contributed by atoms with E-state index >= 15 is 0 Å². The first kappa shape index (κ1) is 28.4. The first-order chi connectivity index (χ1) is 16.8. The van der Waals surface area contributed by atoms with E-state index in [-0.39, 0.29) is 12.6 Å². The van der Waals surface area contributed by atoms with Crippen LogP contribution < -0.4 is 0 Å². The first-order valence-corrected chi connectivity index (χ1v) is 13.5. The van der Waals surface area contributed by atoms with Crippen molar-refractivity contribution in [3.63, 3.8) is 0 Å². The minimum Gasteiger partial charge on any atom is -0.313 e. The van der Waals surface area contributed by atoms with E-state index in [1.165, 1.54) is 0 Å². The topological polar surface area (TPSA) is 83.9 Å². The quantitative estimate of drug-likeness (QED) is 0.0817. The lowest BCUT2D eigenvalue weighted by atomic mass is 10.0. The van der Waals surface area contributed by atoms with Crippen molar-refractivity contribution in [1.29, 1.82) is 0 Å². The molecule has 2 rings (SSSR count). The summed E-state index contributed by atoms with van der Waals surface area (Å²) < 4.78 is 2.11. The van der Waals surface area contributed by atoms with Crippen LogP contribution in [0, 0.1) is 17.0 Å². The van der Waals surface area contributed by atoms with Gasteiger partial charge in [0, 0.05) is 31.0 Å². The molecule has 0 bridgehead atoms. The van der Waals surface area contributed by atoms with Crippen molar-refractivity contribution in [3.05, 3.63) is 85.8 Å². The Kier molecular flexibility index (Phi) is 11.3. The Morgan fingerprint density at radius 1 is 1.46 bits per heavy atom. The van der Waals surface area contributed by atoms with Gasteiger partial charge in [-0.25, -0.2) is 4.98 Å². The average molecular weight is 518 g/mol. The van der Waals surface area contributed by atoms with Gasteiger partial charge in [-0.2, -0.15) is 5.10 Å². The molecule has 0 saturated carbocycles. The SMILES string of the molecule is C=C/C=C\C(=C/C)C(c1scnc1C)N(/C=C(\C)CC1=C(CCO[N+](=O)[O-])N1SC)/N=C(/C)CC. The summed E-state index contributed by atoms with van der Waals surface area (Å²) in [5.41, 5.74) is 8.37. The van der Waals surface area contributed by atoms with Gasteiger partial charge in [0.15, 0.2) is 0 Å². The summed E-state index contributed by atoms with van der Waals surface area (Å²) in [5.74, 6) is 0. The molecule has 0 amide bonds. The molecule has 0 spiro atoms. The Bertz CT molecular complexity index is 1060. The molecule has 0 saturated heterocycles. The summed E-state index contributed by atoms with van der Waals surface area (Å²) >= 11 is 3.22.